The molecular weight excluding hydrogens is 228 g/mol. The highest BCUT2D eigenvalue weighted by Gasteiger charge is 2.21. The van der Waals surface area contributed by atoms with E-state index in [4.69, 9.17) is 4.42 Å². The summed E-state index contributed by atoms with van der Waals surface area (Å²) in [6, 6.07) is 4.06. The molecular formula is C15H17O3-. The maximum absolute atomic E-state index is 10.8. The molecule has 1 aromatic carbocycles. The van der Waals surface area contributed by atoms with Crippen LogP contribution in [0.2, 0.25) is 0 Å². The van der Waals surface area contributed by atoms with Gasteiger partial charge in [-0.1, -0.05) is 32.9 Å². The van der Waals surface area contributed by atoms with Gasteiger partial charge >= 0.3 is 0 Å². The van der Waals surface area contributed by atoms with Crippen molar-refractivity contribution in [2.24, 2.45) is 0 Å². The number of carbonyl (C=O) groups is 1. The highest BCUT2D eigenvalue weighted by atomic mass is 16.4. The number of hydrogen-bond acceptors (Lipinski definition) is 3. The molecule has 0 aliphatic heterocycles. The summed E-state index contributed by atoms with van der Waals surface area (Å²) in [7, 11) is 0. The molecule has 1 aromatic heterocycles. The van der Waals surface area contributed by atoms with Crippen molar-refractivity contribution in [1.82, 2.24) is 0 Å². The van der Waals surface area contributed by atoms with Crippen LogP contribution in [0.5, 0.6) is 0 Å². The standard InChI is InChI=1S/C15H18O3/c1-9-5-6-11(15(2,3)4)14-13(9)10(8-18-14)7-12(16)17/h5-6,8H,7H2,1-4H3,(H,16,17)/p-1. The van der Waals surface area contributed by atoms with Crippen molar-refractivity contribution in [3.8, 4) is 0 Å². The summed E-state index contributed by atoms with van der Waals surface area (Å²) >= 11 is 0. The lowest BCUT2D eigenvalue weighted by Gasteiger charge is -2.19. The Morgan fingerprint density at radius 3 is 2.56 bits per heavy atom. The number of hydrogen-bond donors (Lipinski definition) is 0. The van der Waals surface area contributed by atoms with E-state index in [0.29, 0.717) is 5.56 Å². The third-order valence-electron chi connectivity index (χ3n) is 3.15. The molecule has 0 bridgehead atoms. The van der Waals surface area contributed by atoms with Crippen LogP contribution in [-0.2, 0) is 16.6 Å². The van der Waals surface area contributed by atoms with Crippen molar-refractivity contribution in [2.45, 2.75) is 39.5 Å². The van der Waals surface area contributed by atoms with Crippen molar-refractivity contribution < 1.29 is 14.3 Å². The summed E-state index contributed by atoms with van der Waals surface area (Å²) in [5.74, 6) is -1.08. The normalized spacial score (nSPS) is 12.0. The van der Waals surface area contributed by atoms with Gasteiger partial charge in [-0.25, -0.2) is 0 Å². The quantitative estimate of drug-likeness (QED) is 0.816. The van der Waals surface area contributed by atoms with Gasteiger partial charge in [0.25, 0.3) is 0 Å². The van der Waals surface area contributed by atoms with E-state index in [9.17, 15) is 9.90 Å². The smallest absolute Gasteiger partial charge is 0.138 e. The molecule has 0 spiro atoms. The van der Waals surface area contributed by atoms with Crippen LogP contribution in [0.15, 0.2) is 22.8 Å². The van der Waals surface area contributed by atoms with Gasteiger partial charge in [-0.2, -0.15) is 0 Å². The minimum absolute atomic E-state index is 0.0391. The summed E-state index contributed by atoms with van der Waals surface area (Å²) in [4.78, 5) is 10.8. The number of benzene rings is 1. The van der Waals surface area contributed by atoms with E-state index in [0.717, 1.165) is 22.1 Å². The highest BCUT2D eigenvalue weighted by molar-refractivity contribution is 5.90. The van der Waals surface area contributed by atoms with Crippen LogP contribution >= 0.6 is 0 Å². The lowest BCUT2D eigenvalue weighted by molar-refractivity contribution is -0.304. The fraction of sp³-hybridized carbons (Fsp3) is 0.400. The molecule has 1 heterocycles. The molecule has 0 unspecified atom stereocenters. The SMILES string of the molecule is Cc1ccc(C(C)(C)C)c2occ(CC(=O)[O-])c12. The molecule has 0 N–H and O–H groups in total. The third kappa shape index (κ3) is 2.13. The molecule has 0 fully saturated rings. The van der Waals surface area contributed by atoms with Gasteiger partial charge in [0.05, 0.1) is 6.26 Å². The molecule has 0 aliphatic carbocycles. The maximum Gasteiger partial charge on any atom is 0.138 e. The molecule has 96 valence electrons. The molecule has 18 heavy (non-hydrogen) atoms. The summed E-state index contributed by atoms with van der Waals surface area (Å²) in [6.07, 6.45) is 1.42. The average Bonchev–Trinajstić information content (AvgIpc) is 2.60. The molecule has 3 heteroatoms. The second-order valence-electron chi connectivity index (χ2n) is 5.69. The molecule has 3 nitrogen and oxygen atoms in total. The van der Waals surface area contributed by atoms with Crippen molar-refractivity contribution in [2.75, 3.05) is 0 Å². The van der Waals surface area contributed by atoms with Crippen molar-refractivity contribution in [3.63, 3.8) is 0 Å². The number of furan rings is 1. The lowest BCUT2D eigenvalue weighted by Crippen LogP contribution is -2.24. The Hall–Kier alpha value is -1.77. The van der Waals surface area contributed by atoms with Crippen molar-refractivity contribution in [1.29, 1.82) is 0 Å². The number of carboxylic acids is 1. The number of carbonyl (C=O) groups excluding carboxylic acids is 1. The second-order valence-corrected chi connectivity index (χ2v) is 5.69. The van der Waals surface area contributed by atoms with Crippen molar-refractivity contribution >= 4 is 16.9 Å². The van der Waals surface area contributed by atoms with Gasteiger partial charge in [-0.3, -0.25) is 0 Å². The first-order valence-corrected chi connectivity index (χ1v) is 6.00. The second kappa shape index (κ2) is 4.16. The zero-order valence-electron chi connectivity index (χ0n) is 11.2. The first kappa shape index (κ1) is 12.7. The van der Waals surface area contributed by atoms with Gasteiger partial charge in [0.1, 0.15) is 5.58 Å². The van der Waals surface area contributed by atoms with Crippen LogP contribution in [-0.4, -0.2) is 5.97 Å². The van der Waals surface area contributed by atoms with E-state index in [1.54, 1.807) is 0 Å². The number of rotatable bonds is 2. The number of aliphatic carboxylic acids is 1. The van der Waals surface area contributed by atoms with E-state index in [2.05, 4.69) is 20.8 Å². The molecule has 0 amide bonds. The third-order valence-corrected chi connectivity index (χ3v) is 3.15. The summed E-state index contributed by atoms with van der Waals surface area (Å²) in [5.41, 5.74) is 3.56. The van der Waals surface area contributed by atoms with Crippen molar-refractivity contribution in [3.05, 3.63) is 35.1 Å². The van der Waals surface area contributed by atoms with Crippen LogP contribution in [0.3, 0.4) is 0 Å². The monoisotopic (exact) mass is 245 g/mol. The zero-order valence-corrected chi connectivity index (χ0v) is 11.2. The molecule has 0 atom stereocenters. The Bertz CT molecular complexity index is 600. The van der Waals surface area contributed by atoms with Gasteiger partial charge in [-0.05, 0) is 17.9 Å². The van der Waals surface area contributed by atoms with E-state index in [-0.39, 0.29) is 11.8 Å². The van der Waals surface area contributed by atoms with Crippen LogP contribution < -0.4 is 5.11 Å². The van der Waals surface area contributed by atoms with Gasteiger partial charge in [0.15, 0.2) is 0 Å². The Morgan fingerprint density at radius 1 is 1.33 bits per heavy atom. The minimum atomic E-state index is -1.08. The van der Waals surface area contributed by atoms with Crippen LogP contribution in [0.25, 0.3) is 11.0 Å². The van der Waals surface area contributed by atoms with E-state index in [1.165, 1.54) is 6.26 Å². The largest absolute Gasteiger partial charge is 0.550 e. The molecule has 0 saturated carbocycles. The minimum Gasteiger partial charge on any atom is -0.550 e. The Labute approximate surface area is 106 Å². The molecule has 2 rings (SSSR count). The van der Waals surface area contributed by atoms with Gasteiger partial charge in [-0.15, -0.1) is 0 Å². The first-order valence-electron chi connectivity index (χ1n) is 6.00. The van der Waals surface area contributed by atoms with Crippen LogP contribution in [0.1, 0.15) is 37.5 Å². The Morgan fingerprint density at radius 2 is 2.00 bits per heavy atom. The molecule has 2 aromatic rings. The van der Waals surface area contributed by atoms with E-state index < -0.39 is 5.97 Å². The molecule has 0 saturated heterocycles. The topological polar surface area (TPSA) is 53.3 Å². The number of fused-ring (bicyclic) bond motifs is 1. The number of carboxylic acid groups (broad SMARTS) is 1. The van der Waals surface area contributed by atoms with Gasteiger partial charge in [0.2, 0.25) is 0 Å². The fourth-order valence-electron chi connectivity index (χ4n) is 2.27. The maximum atomic E-state index is 10.8. The summed E-state index contributed by atoms with van der Waals surface area (Å²) < 4.78 is 5.60. The lowest BCUT2D eigenvalue weighted by atomic mass is 9.85. The van der Waals surface area contributed by atoms with Gasteiger partial charge in [0, 0.05) is 28.9 Å². The van der Waals surface area contributed by atoms with E-state index in [1.807, 2.05) is 19.1 Å². The fourth-order valence-corrected chi connectivity index (χ4v) is 2.27. The highest BCUT2D eigenvalue weighted by Crippen LogP contribution is 2.34. The first-order chi connectivity index (χ1) is 8.30. The van der Waals surface area contributed by atoms with Crippen LogP contribution in [0.4, 0.5) is 0 Å². The zero-order chi connectivity index (χ0) is 13.5. The predicted molar refractivity (Wildman–Crippen MR) is 68.4 cm³/mol. The average molecular weight is 245 g/mol. The summed E-state index contributed by atoms with van der Waals surface area (Å²) in [6.45, 7) is 8.29. The Kier molecular flexibility index (Phi) is 2.93. The van der Waals surface area contributed by atoms with Gasteiger partial charge < -0.3 is 14.3 Å². The Balaban J connectivity index is 2.71. The van der Waals surface area contributed by atoms with Crippen LogP contribution in [0, 0.1) is 6.92 Å². The predicted octanol–water partition coefficient (Wildman–Crippen LogP) is 2.33. The van der Waals surface area contributed by atoms with E-state index >= 15 is 0 Å². The molecule has 0 radical (unpaired) electrons. The molecule has 0 aliphatic rings. The number of aryl methyl sites for hydroxylation is 1. The summed E-state index contributed by atoms with van der Waals surface area (Å²) in [5, 5.41) is 11.7.